The molecular weight excluding hydrogens is 161 g/mol. The molecule has 0 amide bonds. The van der Waals surface area contributed by atoms with Gasteiger partial charge >= 0.3 is 0 Å². The SMILES string of the molecule is CC.[B]c1ccc(=O)n(C2CC2)c1. The van der Waals surface area contributed by atoms with Gasteiger partial charge in [-0.25, -0.2) is 0 Å². The average Bonchev–Trinajstić information content (AvgIpc) is 2.96. The van der Waals surface area contributed by atoms with Crippen LogP contribution in [0.25, 0.3) is 0 Å². The summed E-state index contributed by atoms with van der Waals surface area (Å²) < 4.78 is 1.72. The second-order valence-corrected chi connectivity index (χ2v) is 2.94. The Bertz CT molecular complexity index is 328. The third kappa shape index (κ3) is 2.48. The lowest BCUT2D eigenvalue weighted by molar-refractivity contribution is 0.710. The van der Waals surface area contributed by atoms with E-state index in [2.05, 4.69) is 0 Å². The zero-order valence-corrected chi connectivity index (χ0v) is 8.16. The zero-order chi connectivity index (χ0) is 9.84. The number of nitrogens with zero attached hydrogens (tertiary/aromatic N) is 1. The normalized spacial score (nSPS) is 14.6. The van der Waals surface area contributed by atoms with E-state index in [1.165, 1.54) is 6.07 Å². The first kappa shape index (κ1) is 10.1. The van der Waals surface area contributed by atoms with Crippen molar-refractivity contribution in [1.29, 1.82) is 0 Å². The zero-order valence-electron chi connectivity index (χ0n) is 8.16. The molecule has 1 heterocycles. The standard InChI is InChI=1S/C8H8BNO.C2H6/c9-6-1-4-8(11)10(5-6)7-2-3-7;1-2/h1,4-5,7H,2-3H2;1-2H3. The summed E-state index contributed by atoms with van der Waals surface area (Å²) in [6, 6.07) is 3.58. The van der Waals surface area contributed by atoms with Crippen LogP contribution in [0.1, 0.15) is 32.7 Å². The van der Waals surface area contributed by atoms with E-state index in [0.717, 1.165) is 12.8 Å². The maximum atomic E-state index is 11.2. The van der Waals surface area contributed by atoms with Crippen molar-refractivity contribution in [1.82, 2.24) is 4.57 Å². The second-order valence-electron chi connectivity index (χ2n) is 2.94. The number of pyridine rings is 1. The van der Waals surface area contributed by atoms with Crippen LogP contribution in [0.5, 0.6) is 0 Å². The Labute approximate surface area is 80.0 Å². The minimum Gasteiger partial charge on any atom is -0.313 e. The average molecular weight is 175 g/mol. The van der Waals surface area contributed by atoms with Crippen LogP contribution < -0.4 is 11.0 Å². The fourth-order valence-corrected chi connectivity index (χ4v) is 1.16. The van der Waals surface area contributed by atoms with Crippen molar-refractivity contribution in [3.63, 3.8) is 0 Å². The van der Waals surface area contributed by atoms with Gasteiger partial charge in [-0.2, -0.15) is 0 Å². The molecule has 1 aromatic heterocycles. The first-order valence-electron chi connectivity index (χ1n) is 4.75. The van der Waals surface area contributed by atoms with Gasteiger partial charge in [0, 0.05) is 18.3 Å². The molecule has 68 valence electrons. The molecule has 1 aliphatic carbocycles. The van der Waals surface area contributed by atoms with Crippen LogP contribution in [-0.2, 0) is 0 Å². The largest absolute Gasteiger partial charge is 0.313 e. The summed E-state index contributed by atoms with van der Waals surface area (Å²) in [6.07, 6.45) is 3.95. The predicted octanol–water partition coefficient (Wildman–Crippen LogP) is 1.00. The summed E-state index contributed by atoms with van der Waals surface area (Å²) >= 11 is 0. The van der Waals surface area contributed by atoms with E-state index in [1.54, 1.807) is 16.8 Å². The van der Waals surface area contributed by atoms with Gasteiger partial charge in [0.2, 0.25) is 0 Å². The molecule has 1 aromatic rings. The van der Waals surface area contributed by atoms with Crippen LogP contribution in [-0.4, -0.2) is 12.4 Å². The van der Waals surface area contributed by atoms with E-state index >= 15 is 0 Å². The van der Waals surface area contributed by atoms with Gasteiger partial charge in [0.05, 0.1) is 0 Å². The summed E-state index contributed by atoms with van der Waals surface area (Å²) in [5.41, 5.74) is 0.721. The van der Waals surface area contributed by atoms with Crippen LogP contribution in [0.2, 0.25) is 0 Å². The van der Waals surface area contributed by atoms with E-state index in [0.29, 0.717) is 11.5 Å². The highest BCUT2D eigenvalue weighted by Gasteiger charge is 2.23. The summed E-state index contributed by atoms with van der Waals surface area (Å²) in [5.74, 6) is 0. The predicted molar refractivity (Wildman–Crippen MR) is 55.7 cm³/mol. The Kier molecular flexibility index (Phi) is 3.35. The van der Waals surface area contributed by atoms with Crippen molar-refractivity contribution >= 4 is 13.3 Å². The molecule has 0 atom stereocenters. The molecule has 0 spiro atoms. The van der Waals surface area contributed by atoms with Crippen LogP contribution in [0.15, 0.2) is 23.1 Å². The molecule has 3 heteroatoms. The van der Waals surface area contributed by atoms with Gasteiger partial charge in [-0.15, -0.1) is 0 Å². The second kappa shape index (κ2) is 4.31. The van der Waals surface area contributed by atoms with E-state index in [-0.39, 0.29) is 5.56 Å². The molecule has 1 saturated carbocycles. The first-order chi connectivity index (χ1) is 6.27. The quantitative estimate of drug-likeness (QED) is 0.583. The Balaban J connectivity index is 0.000000396. The first-order valence-corrected chi connectivity index (χ1v) is 4.75. The summed E-state index contributed by atoms with van der Waals surface area (Å²) in [4.78, 5) is 11.2. The van der Waals surface area contributed by atoms with E-state index in [1.807, 2.05) is 13.8 Å². The molecular formula is C10H14BNO. The highest BCUT2D eigenvalue weighted by molar-refractivity contribution is 6.32. The van der Waals surface area contributed by atoms with Gasteiger partial charge in [0.1, 0.15) is 7.85 Å². The van der Waals surface area contributed by atoms with Crippen molar-refractivity contribution in [3.8, 4) is 0 Å². The molecule has 1 aliphatic rings. The maximum Gasteiger partial charge on any atom is 0.250 e. The molecule has 1 fully saturated rings. The van der Waals surface area contributed by atoms with Crippen LogP contribution in [0.4, 0.5) is 0 Å². The molecule has 2 nitrogen and oxygen atoms in total. The number of aromatic nitrogens is 1. The highest BCUT2D eigenvalue weighted by atomic mass is 16.1. The minimum atomic E-state index is 0.0571. The van der Waals surface area contributed by atoms with Crippen molar-refractivity contribution in [2.45, 2.75) is 32.7 Å². The van der Waals surface area contributed by atoms with Gasteiger partial charge in [-0.3, -0.25) is 4.79 Å². The van der Waals surface area contributed by atoms with E-state index < -0.39 is 0 Å². The van der Waals surface area contributed by atoms with Crippen molar-refractivity contribution in [2.24, 2.45) is 0 Å². The van der Waals surface area contributed by atoms with Gasteiger partial charge in [-0.05, 0) is 12.8 Å². The number of hydrogen-bond acceptors (Lipinski definition) is 1. The van der Waals surface area contributed by atoms with E-state index in [4.69, 9.17) is 7.85 Å². The lowest BCUT2D eigenvalue weighted by Crippen LogP contribution is -2.22. The molecule has 0 unspecified atom stereocenters. The molecule has 0 aromatic carbocycles. The molecule has 0 N–H and O–H groups in total. The molecule has 0 aliphatic heterocycles. The monoisotopic (exact) mass is 175 g/mol. The van der Waals surface area contributed by atoms with Crippen molar-refractivity contribution in [3.05, 3.63) is 28.7 Å². The fourth-order valence-electron chi connectivity index (χ4n) is 1.16. The van der Waals surface area contributed by atoms with Crippen LogP contribution in [0.3, 0.4) is 0 Å². The number of hydrogen-bond donors (Lipinski definition) is 0. The molecule has 2 radical (unpaired) electrons. The highest BCUT2D eigenvalue weighted by Crippen LogP contribution is 2.32. The van der Waals surface area contributed by atoms with Gasteiger partial charge < -0.3 is 4.57 Å². The molecule has 0 saturated heterocycles. The molecule has 13 heavy (non-hydrogen) atoms. The van der Waals surface area contributed by atoms with Crippen LogP contribution >= 0.6 is 0 Å². The maximum absolute atomic E-state index is 11.2. The number of rotatable bonds is 1. The third-order valence-electron chi connectivity index (χ3n) is 1.90. The van der Waals surface area contributed by atoms with Gasteiger partial charge in [-0.1, -0.05) is 25.4 Å². The van der Waals surface area contributed by atoms with Gasteiger partial charge in [0.25, 0.3) is 5.56 Å². The molecule has 0 bridgehead atoms. The Morgan fingerprint density at radius 1 is 1.38 bits per heavy atom. The third-order valence-corrected chi connectivity index (χ3v) is 1.90. The fraction of sp³-hybridized carbons (Fsp3) is 0.500. The summed E-state index contributed by atoms with van der Waals surface area (Å²) in [6.45, 7) is 4.00. The van der Waals surface area contributed by atoms with Crippen LogP contribution in [0, 0.1) is 0 Å². The smallest absolute Gasteiger partial charge is 0.250 e. The topological polar surface area (TPSA) is 22.0 Å². The van der Waals surface area contributed by atoms with Crippen molar-refractivity contribution in [2.75, 3.05) is 0 Å². The lowest BCUT2D eigenvalue weighted by Gasteiger charge is -2.02. The summed E-state index contributed by atoms with van der Waals surface area (Å²) in [7, 11) is 5.53. The Morgan fingerprint density at radius 2 is 2.00 bits per heavy atom. The van der Waals surface area contributed by atoms with E-state index in [9.17, 15) is 4.79 Å². The van der Waals surface area contributed by atoms with Gasteiger partial charge in [0.15, 0.2) is 0 Å². The Morgan fingerprint density at radius 3 is 2.54 bits per heavy atom. The molecule has 2 rings (SSSR count). The Hall–Kier alpha value is -0.985. The summed E-state index contributed by atoms with van der Waals surface area (Å²) in [5, 5.41) is 0. The van der Waals surface area contributed by atoms with Crippen molar-refractivity contribution < 1.29 is 0 Å². The minimum absolute atomic E-state index is 0.0571. The lowest BCUT2D eigenvalue weighted by atomic mass is 9.99.